The van der Waals surface area contributed by atoms with Gasteiger partial charge in [-0.05, 0) is 84.1 Å². The van der Waals surface area contributed by atoms with Crippen molar-refractivity contribution in [1.29, 1.82) is 0 Å². The highest BCUT2D eigenvalue weighted by Gasteiger charge is 2.12. The Morgan fingerprint density at radius 3 is 1.81 bits per heavy atom. The molecule has 1 atom stereocenters. The van der Waals surface area contributed by atoms with Gasteiger partial charge in [-0.25, -0.2) is 0 Å². The summed E-state index contributed by atoms with van der Waals surface area (Å²) in [5.41, 5.74) is 7.72. The third-order valence-electron chi connectivity index (χ3n) is 6.39. The zero-order valence-electron chi connectivity index (χ0n) is 21.8. The van der Waals surface area contributed by atoms with Gasteiger partial charge in [-0.15, -0.1) is 0 Å². The van der Waals surface area contributed by atoms with Crippen molar-refractivity contribution in [2.45, 2.75) is 26.4 Å². The Kier molecular flexibility index (Phi) is 6.76. The van der Waals surface area contributed by atoms with Crippen molar-refractivity contribution in [3.63, 3.8) is 0 Å². The Morgan fingerprint density at radius 1 is 0.611 bits per heavy atom. The first kappa shape index (κ1) is 22.2. The van der Waals surface area contributed by atoms with E-state index in [4.69, 9.17) is 6.11 Å². The highest BCUT2D eigenvalue weighted by molar-refractivity contribution is 5.78. The molecule has 5 aromatic rings. The summed E-state index contributed by atoms with van der Waals surface area (Å²) in [6.45, 7) is 4.23. The number of nitrogens with zero attached hydrogens (tertiary/aromatic N) is 1. The van der Waals surface area contributed by atoms with E-state index in [1.807, 2.05) is 42.5 Å². The molecule has 0 aliphatic heterocycles. The van der Waals surface area contributed by atoms with Crippen LogP contribution in [0.2, 0.25) is 0 Å². The molecule has 0 aliphatic rings. The average Bonchev–Trinajstić information content (AvgIpc) is 2.94. The number of hydrogen-bond acceptors (Lipinski definition) is 2. The molecule has 5 rings (SSSR count). The molecule has 5 aromatic carbocycles. The van der Waals surface area contributed by atoms with E-state index in [0.717, 1.165) is 40.4 Å². The number of hydrogen-bond donors (Lipinski definition) is 0. The van der Waals surface area contributed by atoms with Crippen molar-refractivity contribution in [3.05, 3.63) is 133 Å². The Morgan fingerprint density at radius 2 is 1.17 bits per heavy atom. The van der Waals surface area contributed by atoms with Crippen LogP contribution in [0.3, 0.4) is 0 Å². The van der Waals surface area contributed by atoms with E-state index in [1.54, 1.807) is 6.07 Å². The minimum atomic E-state index is 0.203. The molecule has 0 radical (unpaired) electrons. The van der Waals surface area contributed by atoms with Gasteiger partial charge in [0.25, 0.3) is 0 Å². The van der Waals surface area contributed by atoms with E-state index < -0.39 is 0 Å². The fraction of sp³-hybridized carbons (Fsp3) is 0.118. The van der Waals surface area contributed by atoms with Gasteiger partial charge in [0, 0.05) is 17.1 Å². The molecule has 2 heteroatoms. The zero-order valence-corrected chi connectivity index (χ0v) is 20.8. The van der Waals surface area contributed by atoms with Gasteiger partial charge in [-0.2, -0.15) is 0 Å². The van der Waals surface area contributed by atoms with Gasteiger partial charge in [-0.1, -0.05) is 91.8 Å². The van der Waals surface area contributed by atoms with Crippen LogP contribution in [-0.2, 0) is 0 Å². The summed E-state index contributed by atoms with van der Waals surface area (Å²) in [5, 5.41) is 0. The molecule has 0 amide bonds. The second-order valence-corrected chi connectivity index (χ2v) is 8.92. The van der Waals surface area contributed by atoms with Crippen LogP contribution in [0.15, 0.2) is 133 Å². The molecule has 0 N–H and O–H groups in total. The molecule has 178 valence electrons. The summed E-state index contributed by atoms with van der Waals surface area (Å²) in [7, 11) is 0. The third-order valence-corrected chi connectivity index (χ3v) is 6.39. The summed E-state index contributed by atoms with van der Waals surface area (Å²) in [4.78, 5) is 2.18. The molecule has 36 heavy (non-hydrogen) atoms. The molecule has 0 bridgehead atoms. The lowest BCUT2D eigenvalue weighted by Gasteiger charge is -2.25. The second-order valence-electron chi connectivity index (χ2n) is 8.92. The van der Waals surface area contributed by atoms with E-state index in [9.17, 15) is 0 Å². The highest BCUT2D eigenvalue weighted by atomic mass is 16.5. The minimum absolute atomic E-state index is 0.203. The molecule has 0 aromatic heterocycles. The minimum Gasteiger partial charge on any atom is -0.491 e. The van der Waals surface area contributed by atoms with E-state index in [0.29, 0.717) is 6.04 Å². The van der Waals surface area contributed by atoms with E-state index in [1.165, 1.54) is 11.1 Å². The fourth-order valence-corrected chi connectivity index (χ4v) is 4.27. The molecule has 0 fully saturated rings. The quantitative estimate of drug-likeness (QED) is 0.223. The average molecular weight is 472 g/mol. The molecule has 0 spiro atoms. The van der Waals surface area contributed by atoms with Crippen molar-refractivity contribution < 1.29 is 6.11 Å². The molecule has 0 aliphatic carbocycles. The van der Waals surface area contributed by atoms with Crippen molar-refractivity contribution in [2.24, 2.45) is 0 Å². The van der Waals surface area contributed by atoms with Crippen LogP contribution >= 0.6 is 0 Å². The summed E-state index contributed by atoms with van der Waals surface area (Å²) in [6.07, 6.45) is 1.19. The lowest BCUT2D eigenvalue weighted by molar-refractivity contribution is 0.217. The Balaban J connectivity index is 1.40. The van der Waals surface area contributed by atoms with E-state index in [-0.39, 0.29) is 6.10 Å². The SMILES string of the molecule is [3H]c1cccc(N(c2ccccc2)c2ccc(-c3ccc(-c4cccc(OC(C)CC)c4)cc3)cc2)c1. The number of para-hydroxylation sites is 2. The van der Waals surface area contributed by atoms with E-state index in [2.05, 4.69) is 97.6 Å². The zero-order chi connectivity index (χ0) is 25.6. The van der Waals surface area contributed by atoms with Gasteiger partial charge < -0.3 is 9.64 Å². The van der Waals surface area contributed by atoms with E-state index >= 15 is 0 Å². The van der Waals surface area contributed by atoms with Gasteiger partial charge in [-0.3, -0.25) is 0 Å². The lowest BCUT2D eigenvalue weighted by Crippen LogP contribution is -2.09. The van der Waals surface area contributed by atoms with Gasteiger partial charge in [0.1, 0.15) is 5.75 Å². The molecule has 0 heterocycles. The highest BCUT2D eigenvalue weighted by Crippen LogP contribution is 2.35. The van der Waals surface area contributed by atoms with Crippen LogP contribution in [0, 0.1) is 0 Å². The first-order valence-electron chi connectivity index (χ1n) is 13.0. The topological polar surface area (TPSA) is 12.5 Å². The largest absolute Gasteiger partial charge is 0.491 e. The number of benzene rings is 5. The molecule has 0 saturated carbocycles. The standard InChI is InChI=1S/C34H31NO/c1-3-26(2)36-34-16-10-11-30(25-34)29-19-17-27(18-20-29)28-21-23-33(24-22-28)35(31-12-6-4-7-13-31)32-14-8-5-9-15-32/h4-26H,3H2,1-2H3/i6T. The smallest absolute Gasteiger partial charge is 0.120 e. The summed E-state index contributed by atoms with van der Waals surface area (Å²) < 4.78 is 14.1. The Bertz CT molecular complexity index is 1450. The number of anilines is 3. The molecule has 1 unspecified atom stereocenters. The first-order valence-corrected chi connectivity index (χ1v) is 12.5. The van der Waals surface area contributed by atoms with Crippen LogP contribution in [0.25, 0.3) is 22.3 Å². The Labute approximate surface area is 215 Å². The van der Waals surface area contributed by atoms with Crippen molar-refractivity contribution >= 4 is 17.1 Å². The summed E-state index contributed by atoms with van der Waals surface area (Å²) in [6, 6.07) is 44.0. The van der Waals surface area contributed by atoms with Crippen LogP contribution < -0.4 is 9.64 Å². The maximum Gasteiger partial charge on any atom is 0.120 e. The first-order chi connectivity index (χ1) is 18.1. The Hall–Kier alpha value is -4.30. The number of ether oxygens (including phenoxy) is 1. The predicted octanol–water partition coefficient (Wildman–Crippen LogP) is 9.67. The van der Waals surface area contributed by atoms with Crippen LogP contribution in [0.5, 0.6) is 5.75 Å². The third kappa shape index (κ3) is 5.34. The molecular weight excluding hydrogens is 438 g/mol. The second kappa shape index (κ2) is 11.0. The lowest BCUT2D eigenvalue weighted by atomic mass is 10.00. The fourth-order valence-electron chi connectivity index (χ4n) is 4.27. The maximum absolute atomic E-state index is 8.10. The summed E-state index contributed by atoms with van der Waals surface area (Å²) in [5.74, 6) is 0.908. The van der Waals surface area contributed by atoms with Crippen molar-refractivity contribution in [1.82, 2.24) is 0 Å². The van der Waals surface area contributed by atoms with Gasteiger partial charge in [0.15, 0.2) is 0 Å². The monoisotopic (exact) mass is 471 g/mol. The number of rotatable bonds is 8. The normalized spacial score (nSPS) is 12.0. The van der Waals surface area contributed by atoms with Crippen LogP contribution in [0.4, 0.5) is 17.1 Å². The van der Waals surface area contributed by atoms with Crippen LogP contribution in [-0.4, -0.2) is 6.10 Å². The van der Waals surface area contributed by atoms with Crippen molar-refractivity contribution in [2.75, 3.05) is 4.90 Å². The molecule has 2 nitrogen and oxygen atoms in total. The van der Waals surface area contributed by atoms with Gasteiger partial charge >= 0.3 is 0 Å². The van der Waals surface area contributed by atoms with Gasteiger partial charge in [0.05, 0.1) is 7.47 Å². The summed E-state index contributed by atoms with van der Waals surface area (Å²) >= 11 is 0. The van der Waals surface area contributed by atoms with Crippen LogP contribution in [0.1, 0.15) is 21.6 Å². The maximum atomic E-state index is 8.10. The van der Waals surface area contributed by atoms with Crippen molar-refractivity contribution in [3.8, 4) is 28.0 Å². The molecular formula is C34H31NO. The predicted molar refractivity (Wildman–Crippen MR) is 152 cm³/mol. The van der Waals surface area contributed by atoms with Gasteiger partial charge in [0.2, 0.25) is 0 Å². The molecule has 0 saturated heterocycles.